The molecule has 3 aromatic carbocycles. The molecule has 0 radical (unpaired) electrons. The molecule has 4 aromatic rings. The van der Waals surface area contributed by atoms with Gasteiger partial charge in [0.2, 0.25) is 0 Å². The van der Waals surface area contributed by atoms with Crippen LogP contribution < -0.4 is 0 Å². The third-order valence-electron chi connectivity index (χ3n) is 6.26. The lowest BCUT2D eigenvalue weighted by atomic mass is 9.74. The second-order valence-corrected chi connectivity index (χ2v) is 8.91. The Kier molecular flexibility index (Phi) is 5.85. The van der Waals surface area contributed by atoms with E-state index in [2.05, 4.69) is 119 Å². The highest BCUT2D eigenvalue weighted by Crippen LogP contribution is 2.44. The zero-order valence-electron chi connectivity index (χ0n) is 17.9. The maximum absolute atomic E-state index is 12.9. The Hall–Kier alpha value is -3.27. The number of hydrogen-bond donors (Lipinski definition) is 0. The number of hydrogen-bond acceptors (Lipinski definition) is 3. The monoisotopic (exact) mass is 435 g/mol. The van der Waals surface area contributed by atoms with Gasteiger partial charge in [-0.2, -0.15) is 11.3 Å². The van der Waals surface area contributed by atoms with Gasteiger partial charge in [-0.3, -0.25) is 9.69 Å². The second-order valence-electron chi connectivity index (χ2n) is 8.13. The molecule has 0 aliphatic carbocycles. The van der Waals surface area contributed by atoms with Gasteiger partial charge in [0.05, 0.1) is 5.54 Å². The minimum Gasteiger partial charge on any atom is -0.294 e. The molecule has 3 heteroatoms. The third-order valence-corrected chi connectivity index (χ3v) is 6.96. The topological polar surface area (TPSA) is 20.3 Å². The Morgan fingerprint density at radius 2 is 1.28 bits per heavy atom. The first kappa shape index (κ1) is 20.6. The number of nitrogens with zero attached hydrogens (tertiary/aromatic N) is 1. The maximum Gasteiger partial charge on any atom is 0.161 e. The van der Waals surface area contributed by atoms with E-state index in [1.807, 2.05) is 0 Å². The second kappa shape index (κ2) is 9.07. The molecular formula is C29H25NOS. The molecule has 0 amide bonds. The first-order valence-corrected chi connectivity index (χ1v) is 11.9. The van der Waals surface area contributed by atoms with Gasteiger partial charge in [-0.1, -0.05) is 91.0 Å². The van der Waals surface area contributed by atoms with E-state index in [0.717, 1.165) is 11.1 Å². The van der Waals surface area contributed by atoms with Crippen molar-refractivity contribution in [2.24, 2.45) is 0 Å². The average Bonchev–Trinajstić information content (AvgIpc) is 3.37. The van der Waals surface area contributed by atoms with Gasteiger partial charge in [-0.15, -0.1) is 0 Å². The van der Waals surface area contributed by atoms with Crippen LogP contribution >= 0.6 is 11.3 Å². The Morgan fingerprint density at radius 1 is 0.750 bits per heavy atom. The number of carbonyl (C=O) groups excluding carboxylic acids is 1. The van der Waals surface area contributed by atoms with Crippen molar-refractivity contribution in [3.8, 4) is 0 Å². The summed E-state index contributed by atoms with van der Waals surface area (Å²) >= 11 is 1.66. The fourth-order valence-corrected chi connectivity index (χ4v) is 5.44. The van der Waals surface area contributed by atoms with Gasteiger partial charge in [0.1, 0.15) is 0 Å². The number of benzene rings is 3. The van der Waals surface area contributed by atoms with Gasteiger partial charge in [0.15, 0.2) is 5.78 Å². The quantitative estimate of drug-likeness (QED) is 0.267. The fraction of sp³-hybridized carbons (Fsp3) is 0.138. The van der Waals surface area contributed by atoms with Crippen molar-refractivity contribution in [3.05, 3.63) is 136 Å². The summed E-state index contributed by atoms with van der Waals surface area (Å²) in [4.78, 5) is 15.4. The summed E-state index contributed by atoms with van der Waals surface area (Å²) in [5.74, 6) is 0.246. The van der Waals surface area contributed by atoms with Crippen molar-refractivity contribution in [1.82, 2.24) is 4.90 Å². The Labute approximate surface area is 193 Å². The lowest BCUT2D eigenvalue weighted by molar-refractivity contribution is -0.117. The summed E-state index contributed by atoms with van der Waals surface area (Å²) in [7, 11) is 0. The molecule has 0 atom stereocenters. The Morgan fingerprint density at radius 3 is 1.75 bits per heavy atom. The van der Waals surface area contributed by atoms with Gasteiger partial charge in [0, 0.05) is 25.1 Å². The first-order chi connectivity index (χ1) is 15.8. The molecule has 2 nitrogen and oxygen atoms in total. The lowest BCUT2D eigenvalue weighted by Crippen LogP contribution is -2.52. The van der Waals surface area contributed by atoms with E-state index in [0.29, 0.717) is 19.5 Å². The van der Waals surface area contributed by atoms with Crippen LogP contribution in [0.15, 0.2) is 113 Å². The van der Waals surface area contributed by atoms with Crippen LogP contribution in [-0.4, -0.2) is 23.8 Å². The molecule has 0 bridgehead atoms. The largest absolute Gasteiger partial charge is 0.294 e. The van der Waals surface area contributed by atoms with Gasteiger partial charge < -0.3 is 0 Å². The van der Waals surface area contributed by atoms with E-state index in [1.165, 1.54) is 16.7 Å². The molecule has 0 N–H and O–H groups in total. The number of thiophene rings is 1. The third kappa shape index (κ3) is 3.75. The van der Waals surface area contributed by atoms with Crippen LogP contribution in [0.1, 0.15) is 28.7 Å². The average molecular weight is 436 g/mol. The predicted molar refractivity (Wildman–Crippen MR) is 133 cm³/mol. The van der Waals surface area contributed by atoms with E-state index in [4.69, 9.17) is 0 Å². The van der Waals surface area contributed by atoms with E-state index in [1.54, 1.807) is 11.3 Å². The lowest BCUT2D eigenvalue weighted by Gasteiger charge is -2.47. The molecule has 1 saturated heterocycles. The van der Waals surface area contributed by atoms with Gasteiger partial charge in [0.25, 0.3) is 0 Å². The number of likely N-dealkylation sites (tertiary alicyclic amines) is 1. The molecule has 0 unspecified atom stereocenters. The minimum atomic E-state index is -0.488. The van der Waals surface area contributed by atoms with Crippen LogP contribution in [0.3, 0.4) is 0 Å². The highest BCUT2D eigenvalue weighted by molar-refractivity contribution is 7.08. The Bertz CT molecular complexity index is 1100. The van der Waals surface area contributed by atoms with E-state index in [9.17, 15) is 4.79 Å². The highest BCUT2D eigenvalue weighted by atomic mass is 32.1. The Balaban J connectivity index is 1.72. The molecule has 1 aromatic heterocycles. The molecule has 32 heavy (non-hydrogen) atoms. The van der Waals surface area contributed by atoms with Crippen molar-refractivity contribution >= 4 is 23.2 Å². The van der Waals surface area contributed by atoms with Crippen molar-refractivity contribution in [1.29, 1.82) is 0 Å². The molecule has 1 fully saturated rings. The van der Waals surface area contributed by atoms with E-state index < -0.39 is 5.54 Å². The van der Waals surface area contributed by atoms with Crippen molar-refractivity contribution in [3.63, 3.8) is 0 Å². The van der Waals surface area contributed by atoms with Crippen LogP contribution in [0.2, 0.25) is 0 Å². The van der Waals surface area contributed by atoms with Crippen LogP contribution in [-0.2, 0) is 10.3 Å². The van der Waals surface area contributed by atoms with E-state index >= 15 is 0 Å². The summed E-state index contributed by atoms with van der Waals surface area (Å²) in [6.07, 6.45) is 2.58. The van der Waals surface area contributed by atoms with Crippen LogP contribution in [0, 0.1) is 0 Å². The minimum absolute atomic E-state index is 0.246. The maximum atomic E-state index is 12.9. The summed E-state index contributed by atoms with van der Waals surface area (Å²) in [6.45, 7) is 1.31. The zero-order valence-corrected chi connectivity index (χ0v) is 18.7. The molecule has 2 heterocycles. The smallest absolute Gasteiger partial charge is 0.161 e. The zero-order chi connectivity index (χ0) is 21.8. The molecule has 0 spiro atoms. The van der Waals surface area contributed by atoms with Crippen LogP contribution in [0.25, 0.3) is 6.08 Å². The molecule has 158 valence electrons. The molecule has 1 aliphatic rings. The standard InChI is InChI=1S/C29H25NOS/c31-28-16-18-30(21-24(28)20-23-17-19-32-22-23)29(25-10-4-1-5-11-25,26-12-6-2-7-13-26)27-14-8-3-9-15-27/h1-15,17,19-20,22H,16,18,21H2. The number of ketones is 1. The predicted octanol–water partition coefficient (Wildman–Crippen LogP) is 6.40. The fourth-order valence-electron chi connectivity index (χ4n) is 4.83. The molecule has 0 saturated carbocycles. The normalized spacial score (nSPS) is 16.4. The van der Waals surface area contributed by atoms with Crippen LogP contribution in [0.4, 0.5) is 0 Å². The molecule has 1 aliphatic heterocycles. The van der Waals surface area contributed by atoms with Crippen molar-refractivity contribution in [2.75, 3.05) is 13.1 Å². The summed E-state index contributed by atoms with van der Waals surface area (Å²) in [5, 5.41) is 4.15. The number of piperidine rings is 1. The first-order valence-electron chi connectivity index (χ1n) is 11.0. The molecule has 5 rings (SSSR count). The summed E-state index contributed by atoms with van der Waals surface area (Å²) < 4.78 is 0. The van der Waals surface area contributed by atoms with Crippen LogP contribution in [0.5, 0.6) is 0 Å². The van der Waals surface area contributed by atoms with Gasteiger partial charge in [-0.05, 0) is 45.2 Å². The molecular weight excluding hydrogens is 410 g/mol. The number of rotatable bonds is 5. The highest BCUT2D eigenvalue weighted by Gasteiger charge is 2.44. The van der Waals surface area contributed by atoms with Crippen molar-refractivity contribution in [2.45, 2.75) is 12.0 Å². The van der Waals surface area contributed by atoms with Crippen molar-refractivity contribution < 1.29 is 4.79 Å². The van der Waals surface area contributed by atoms with E-state index in [-0.39, 0.29) is 5.78 Å². The summed E-state index contributed by atoms with van der Waals surface area (Å²) in [5.41, 5.74) is 5.12. The van der Waals surface area contributed by atoms with Gasteiger partial charge >= 0.3 is 0 Å². The number of carbonyl (C=O) groups is 1. The SMILES string of the molecule is O=C1CCN(C(c2ccccc2)(c2ccccc2)c2ccccc2)CC1=Cc1ccsc1. The van der Waals surface area contributed by atoms with Gasteiger partial charge in [-0.25, -0.2) is 0 Å². The number of Topliss-reactive ketones (excluding diaryl/α,β-unsaturated/α-hetero) is 1. The summed E-state index contributed by atoms with van der Waals surface area (Å²) in [6, 6.07) is 34.1.